The van der Waals surface area contributed by atoms with Crippen molar-refractivity contribution in [3.05, 3.63) is 35.5 Å². The summed E-state index contributed by atoms with van der Waals surface area (Å²) in [7, 11) is 0. The van der Waals surface area contributed by atoms with E-state index in [4.69, 9.17) is 4.74 Å². The zero-order chi connectivity index (χ0) is 15.3. The topological polar surface area (TPSA) is 48.5 Å². The van der Waals surface area contributed by atoms with E-state index in [0.717, 1.165) is 19.4 Å². The maximum Gasteiger partial charge on any atom is 0.159 e. The molecule has 120 valence electrons. The number of fused-ring (bicyclic) bond motifs is 3. The summed E-state index contributed by atoms with van der Waals surface area (Å²) in [6.45, 7) is 3.08. The van der Waals surface area contributed by atoms with Crippen LogP contribution in [0.2, 0.25) is 0 Å². The van der Waals surface area contributed by atoms with Gasteiger partial charge in [0.05, 0.1) is 12.6 Å². The van der Waals surface area contributed by atoms with E-state index < -0.39 is 6.29 Å². The van der Waals surface area contributed by atoms with Crippen LogP contribution < -0.4 is 0 Å². The van der Waals surface area contributed by atoms with Crippen LogP contribution in [0.15, 0.2) is 24.3 Å². The molecule has 4 nitrogen and oxygen atoms in total. The molecule has 0 radical (unpaired) electrons. The molecule has 6 heterocycles. The Kier molecular flexibility index (Phi) is 2.36. The van der Waals surface area contributed by atoms with Crippen molar-refractivity contribution in [2.75, 3.05) is 6.61 Å². The van der Waals surface area contributed by atoms with Gasteiger partial charge in [0.15, 0.2) is 6.29 Å². The van der Waals surface area contributed by atoms with Crippen LogP contribution in [0.3, 0.4) is 0 Å². The van der Waals surface area contributed by atoms with Gasteiger partial charge in [-0.25, -0.2) is 0 Å². The zero-order valence-corrected chi connectivity index (χ0v) is 13.3. The Hall–Kier alpha value is -1.36. The lowest BCUT2D eigenvalue weighted by atomic mass is 9.58. The average molecular weight is 310 g/mol. The molecule has 1 unspecified atom stereocenters. The van der Waals surface area contributed by atoms with Crippen LogP contribution in [-0.2, 0) is 11.2 Å². The number of H-pyrrole nitrogens is 1. The molecule has 0 spiro atoms. The Balaban J connectivity index is 1.56. The largest absolute Gasteiger partial charge is 0.368 e. The molecule has 7 rings (SSSR count). The van der Waals surface area contributed by atoms with E-state index in [-0.39, 0.29) is 5.92 Å². The van der Waals surface area contributed by atoms with Crippen molar-refractivity contribution in [1.82, 2.24) is 9.88 Å². The van der Waals surface area contributed by atoms with Crippen LogP contribution in [0.4, 0.5) is 0 Å². The first-order valence-electron chi connectivity index (χ1n) is 8.90. The minimum Gasteiger partial charge on any atom is -0.368 e. The van der Waals surface area contributed by atoms with Gasteiger partial charge in [0.25, 0.3) is 0 Å². The highest BCUT2D eigenvalue weighted by Gasteiger charge is 2.61. The molecule has 0 aliphatic carbocycles. The molecule has 6 bridgehead atoms. The number of para-hydroxylation sites is 1. The van der Waals surface area contributed by atoms with Gasteiger partial charge < -0.3 is 14.8 Å². The molecule has 5 aliphatic rings. The number of hydrogen-bond donors (Lipinski definition) is 2. The molecule has 4 saturated heterocycles. The monoisotopic (exact) mass is 310 g/mol. The Morgan fingerprint density at radius 1 is 1.26 bits per heavy atom. The summed E-state index contributed by atoms with van der Waals surface area (Å²) >= 11 is 0. The number of aliphatic hydroxyl groups excluding tert-OH is 1. The summed E-state index contributed by atoms with van der Waals surface area (Å²) in [6, 6.07) is 10.1. The number of aliphatic hydroxyl groups is 1. The lowest BCUT2D eigenvalue weighted by molar-refractivity contribution is -0.280. The minimum absolute atomic E-state index is 0.281. The molecule has 4 heteroatoms. The standard InChI is InChI=1S/C19H22N2O2/c1-9-13-8-23-19(22)17-11(13)6-16-18-12(7-15(17)21(9)16)10-4-2-3-5-14(10)20-18/h2-5,9,11,13,15-17,19-20,22H,6-8H2,1H3/t9-,11+,13+,15+,16+,17-,19-/m1/s1. The quantitative estimate of drug-likeness (QED) is 0.786. The number of nitrogens with one attached hydrogen (secondary N) is 1. The Morgan fingerprint density at radius 3 is 3.04 bits per heavy atom. The van der Waals surface area contributed by atoms with E-state index in [0.29, 0.717) is 30.0 Å². The molecular weight excluding hydrogens is 288 g/mol. The summed E-state index contributed by atoms with van der Waals surface area (Å²) in [5.74, 6) is 1.47. The number of aromatic nitrogens is 1. The summed E-state index contributed by atoms with van der Waals surface area (Å²) in [5, 5.41) is 11.9. The van der Waals surface area contributed by atoms with Gasteiger partial charge in [-0.3, -0.25) is 4.90 Å². The van der Waals surface area contributed by atoms with Gasteiger partial charge in [-0.15, -0.1) is 0 Å². The van der Waals surface area contributed by atoms with E-state index in [1.807, 2.05) is 0 Å². The summed E-state index contributed by atoms with van der Waals surface area (Å²) in [4.78, 5) is 6.43. The van der Waals surface area contributed by atoms with E-state index in [1.165, 1.54) is 22.2 Å². The van der Waals surface area contributed by atoms with E-state index in [9.17, 15) is 5.11 Å². The molecule has 1 aromatic carbocycles. The number of ether oxygens (including phenoxy) is 1. The Labute approximate surface area is 135 Å². The van der Waals surface area contributed by atoms with E-state index in [2.05, 4.69) is 41.1 Å². The minimum atomic E-state index is -0.580. The molecule has 2 N–H and O–H groups in total. The van der Waals surface area contributed by atoms with Gasteiger partial charge in [0, 0.05) is 40.5 Å². The number of aromatic amines is 1. The molecule has 0 saturated carbocycles. The normalized spacial score (nSPS) is 46.9. The fraction of sp³-hybridized carbons (Fsp3) is 0.579. The number of nitrogens with zero attached hydrogens (tertiary/aromatic N) is 1. The predicted molar refractivity (Wildman–Crippen MR) is 86.9 cm³/mol. The number of piperidine rings is 3. The summed E-state index contributed by atoms with van der Waals surface area (Å²) in [5.41, 5.74) is 4.18. The van der Waals surface area contributed by atoms with Crippen LogP contribution in [0.1, 0.15) is 30.6 Å². The first kappa shape index (κ1) is 13.0. The second-order valence-electron chi connectivity index (χ2n) is 7.90. The van der Waals surface area contributed by atoms with Gasteiger partial charge in [0.2, 0.25) is 0 Å². The maximum atomic E-state index is 10.5. The van der Waals surface area contributed by atoms with Crippen LogP contribution in [0, 0.1) is 17.8 Å². The first-order valence-corrected chi connectivity index (χ1v) is 8.90. The van der Waals surface area contributed by atoms with Crippen molar-refractivity contribution in [3.8, 4) is 0 Å². The highest BCUT2D eigenvalue weighted by atomic mass is 16.6. The van der Waals surface area contributed by atoms with Gasteiger partial charge in [-0.1, -0.05) is 18.2 Å². The molecular formula is C19H22N2O2. The van der Waals surface area contributed by atoms with Gasteiger partial charge in [-0.2, -0.15) is 0 Å². The highest BCUT2D eigenvalue weighted by Crippen LogP contribution is 2.58. The van der Waals surface area contributed by atoms with Gasteiger partial charge in [0.1, 0.15) is 0 Å². The average Bonchev–Trinajstić information content (AvgIpc) is 2.93. The zero-order valence-electron chi connectivity index (χ0n) is 13.3. The highest BCUT2D eigenvalue weighted by molar-refractivity contribution is 5.85. The number of hydrogen-bond acceptors (Lipinski definition) is 3. The van der Waals surface area contributed by atoms with E-state index >= 15 is 0 Å². The summed E-state index contributed by atoms with van der Waals surface area (Å²) < 4.78 is 5.74. The van der Waals surface area contributed by atoms with Crippen molar-refractivity contribution < 1.29 is 9.84 Å². The van der Waals surface area contributed by atoms with Gasteiger partial charge in [-0.05, 0) is 37.3 Å². The molecule has 1 aromatic heterocycles. The van der Waals surface area contributed by atoms with Crippen LogP contribution in [0.25, 0.3) is 10.9 Å². The van der Waals surface area contributed by atoms with Crippen LogP contribution in [0.5, 0.6) is 0 Å². The number of benzene rings is 1. The molecule has 23 heavy (non-hydrogen) atoms. The maximum absolute atomic E-state index is 10.5. The third-order valence-corrected chi connectivity index (χ3v) is 7.20. The molecule has 4 fully saturated rings. The van der Waals surface area contributed by atoms with Crippen molar-refractivity contribution >= 4 is 10.9 Å². The van der Waals surface area contributed by atoms with E-state index in [1.54, 1.807) is 0 Å². The van der Waals surface area contributed by atoms with Crippen molar-refractivity contribution in [1.29, 1.82) is 0 Å². The molecule has 5 aliphatic heterocycles. The fourth-order valence-electron chi connectivity index (χ4n) is 6.30. The van der Waals surface area contributed by atoms with Crippen molar-refractivity contribution in [2.24, 2.45) is 17.8 Å². The third-order valence-electron chi connectivity index (χ3n) is 7.20. The SMILES string of the molecule is C[C@@H]1[C@@H]2CO[C@@H](O)[C@@H]3[C@H]2C[C@H]2c4[nH]c5ccccc5c4C[C@@H]3N12. The summed E-state index contributed by atoms with van der Waals surface area (Å²) in [6.07, 6.45) is 1.62. The smallest absolute Gasteiger partial charge is 0.159 e. The third kappa shape index (κ3) is 1.44. The van der Waals surface area contributed by atoms with Crippen LogP contribution in [-0.4, -0.2) is 40.0 Å². The first-order chi connectivity index (χ1) is 11.2. The second-order valence-corrected chi connectivity index (χ2v) is 7.90. The number of rotatable bonds is 0. The van der Waals surface area contributed by atoms with Crippen molar-refractivity contribution in [2.45, 2.75) is 44.2 Å². The fourth-order valence-corrected chi connectivity index (χ4v) is 6.30. The Morgan fingerprint density at radius 2 is 2.13 bits per heavy atom. The predicted octanol–water partition coefficient (Wildman–Crippen LogP) is 2.44. The Bertz CT molecular complexity index is 800. The van der Waals surface area contributed by atoms with Crippen molar-refractivity contribution in [3.63, 3.8) is 0 Å². The lowest BCUT2D eigenvalue weighted by Crippen LogP contribution is -2.71. The second kappa shape index (κ2) is 4.18. The molecule has 8 atom stereocenters. The van der Waals surface area contributed by atoms with Gasteiger partial charge >= 0.3 is 0 Å². The lowest BCUT2D eigenvalue weighted by Gasteiger charge is -2.65. The molecule has 0 amide bonds. The van der Waals surface area contributed by atoms with Crippen LogP contribution >= 0.6 is 0 Å². The molecule has 2 aromatic rings.